The van der Waals surface area contributed by atoms with Gasteiger partial charge in [0, 0.05) is 29.7 Å². The number of hydrogen-bond donors (Lipinski definition) is 1. The van der Waals surface area contributed by atoms with Gasteiger partial charge in [-0.3, -0.25) is 9.13 Å². The Labute approximate surface area is 122 Å². The average molecular weight is 286 g/mol. The molecule has 3 nitrogen and oxygen atoms in total. The van der Waals surface area contributed by atoms with Crippen molar-refractivity contribution in [3.8, 4) is 0 Å². The highest BCUT2D eigenvalue weighted by atomic mass is 28.4. The van der Waals surface area contributed by atoms with Crippen LogP contribution in [0.15, 0.2) is 0 Å². The molecule has 1 heterocycles. The van der Waals surface area contributed by atoms with Crippen LogP contribution in [0.25, 0.3) is 0 Å². The highest BCUT2D eigenvalue weighted by Gasteiger charge is 2.55. The van der Waals surface area contributed by atoms with E-state index in [-0.39, 0.29) is 16.6 Å². The lowest BCUT2D eigenvalue weighted by Crippen LogP contribution is -2.76. The third-order valence-corrected chi connectivity index (χ3v) is 8.94. The Morgan fingerprint density at radius 2 is 1.05 bits per heavy atom. The van der Waals surface area contributed by atoms with Gasteiger partial charge in [-0.2, -0.15) is 0 Å². The quantitative estimate of drug-likeness (QED) is 0.747. The summed E-state index contributed by atoms with van der Waals surface area (Å²) >= 11 is 0. The predicted octanol–water partition coefficient (Wildman–Crippen LogP) is 3.16. The van der Waals surface area contributed by atoms with Gasteiger partial charge in [-0.05, 0) is 68.9 Å². The third kappa shape index (κ3) is 3.81. The van der Waals surface area contributed by atoms with Gasteiger partial charge < -0.3 is 4.98 Å². The van der Waals surface area contributed by atoms with Crippen molar-refractivity contribution in [2.75, 3.05) is 13.1 Å². The first kappa shape index (κ1) is 17.1. The van der Waals surface area contributed by atoms with Crippen LogP contribution >= 0.6 is 0 Å². The highest BCUT2D eigenvalue weighted by molar-refractivity contribution is 6.71. The molecule has 0 radical (unpaired) electrons. The van der Waals surface area contributed by atoms with Crippen molar-refractivity contribution in [2.24, 2.45) is 0 Å². The van der Waals surface area contributed by atoms with Crippen molar-refractivity contribution in [1.82, 2.24) is 14.1 Å². The molecular formula is C15H35N3Si. The van der Waals surface area contributed by atoms with Crippen LogP contribution in [0.2, 0.25) is 6.55 Å². The van der Waals surface area contributed by atoms with Crippen molar-refractivity contribution in [2.45, 2.75) is 85.5 Å². The van der Waals surface area contributed by atoms with Gasteiger partial charge in [0.05, 0.1) is 0 Å². The molecule has 4 heteroatoms. The molecule has 1 aliphatic rings. The second-order valence-corrected chi connectivity index (χ2v) is 12.4. The number of hydrogen-bond acceptors (Lipinski definition) is 3. The van der Waals surface area contributed by atoms with Crippen LogP contribution in [0, 0.1) is 0 Å². The van der Waals surface area contributed by atoms with Crippen molar-refractivity contribution < 1.29 is 0 Å². The molecule has 0 amide bonds. The fourth-order valence-electron chi connectivity index (χ4n) is 3.60. The molecule has 1 rings (SSSR count). The van der Waals surface area contributed by atoms with E-state index in [0.29, 0.717) is 0 Å². The SMILES string of the molecule is CC(C)(C)N[Si]1(C)N(C(C)(C)C)CCN1C(C)(C)C. The minimum absolute atomic E-state index is 0.151. The van der Waals surface area contributed by atoms with Crippen LogP contribution in [0.3, 0.4) is 0 Å². The molecule has 1 saturated heterocycles. The van der Waals surface area contributed by atoms with E-state index in [1.807, 2.05) is 0 Å². The lowest BCUT2D eigenvalue weighted by Gasteiger charge is -2.51. The average Bonchev–Trinajstić information content (AvgIpc) is 2.35. The summed E-state index contributed by atoms with van der Waals surface area (Å²) in [7, 11) is -1.83. The van der Waals surface area contributed by atoms with E-state index in [9.17, 15) is 0 Å². The van der Waals surface area contributed by atoms with E-state index in [2.05, 4.69) is 83.0 Å². The van der Waals surface area contributed by atoms with Gasteiger partial charge in [0.25, 0.3) is 8.56 Å². The highest BCUT2D eigenvalue weighted by Crippen LogP contribution is 2.34. The smallest absolute Gasteiger partial charge is 0.284 e. The Morgan fingerprint density at radius 3 is 1.26 bits per heavy atom. The Kier molecular flexibility index (Phi) is 4.36. The Balaban J connectivity index is 3.18. The topological polar surface area (TPSA) is 18.5 Å². The largest absolute Gasteiger partial charge is 0.308 e. The summed E-state index contributed by atoms with van der Waals surface area (Å²) in [5, 5.41) is 0. The zero-order valence-corrected chi connectivity index (χ0v) is 15.8. The zero-order valence-electron chi connectivity index (χ0n) is 14.8. The molecule has 0 unspecified atom stereocenters. The minimum Gasteiger partial charge on any atom is -0.308 e. The van der Waals surface area contributed by atoms with Crippen LogP contribution in [0.1, 0.15) is 62.3 Å². The molecular weight excluding hydrogens is 250 g/mol. The zero-order chi connectivity index (χ0) is 15.3. The second-order valence-electron chi connectivity index (χ2n) is 9.04. The van der Waals surface area contributed by atoms with Gasteiger partial charge in [0.1, 0.15) is 0 Å². The molecule has 0 aromatic heterocycles. The van der Waals surface area contributed by atoms with E-state index in [1.54, 1.807) is 0 Å². The molecule has 0 aromatic rings. The maximum atomic E-state index is 4.00. The van der Waals surface area contributed by atoms with Crippen LogP contribution in [0.4, 0.5) is 0 Å². The maximum absolute atomic E-state index is 4.00. The van der Waals surface area contributed by atoms with E-state index in [1.165, 1.54) is 13.1 Å². The van der Waals surface area contributed by atoms with Gasteiger partial charge in [-0.25, -0.2) is 0 Å². The predicted molar refractivity (Wildman–Crippen MR) is 87.4 cm³/mol. The molecule has 1 aliphatic heterocycles. The summed E-state index contributed by atoms with van der Waals surface area (Å²) in [6.07, 6.45) is 0. The van der Waals surface area contributed by atoms with Gasteiger partial charge in [0.15, 0.2) is 0 Å². The fraction of sp³-hybridized carbons (Fsp3) is 1.00. The normalized spacial score (nSPS) is 23.1. The van der Waals surface area contributed by atoms with Gasteiger partial charge >= 0.3 is 0 Å². The summed E-state index contributed by atoms with van der Waals surface area (Å²) in [4.78, 5) is 4.00. The molecule has 1 N–H and O–H groups in total. The lowest BCUT2D eigenvalue weighted by molar-refractivity contribution is 0.233. The second kappa shape index (κ2) is 4.83. The molecule has 114 valence electrons. The standard InChI is InChI=1S/C15H35N3Si/c1-13(2,3)16-19(10)17(14(4,5)6)11-12-18(19)15(7,8)9/h16H,11-12H2,1-10H3. The first-order valence-corrected chi connectivity index (χ1v) is 9.92. The van der Waals surface area contributed by atoms with Crippen LogP contribution in [-0.4, -0.2) is 47.4 Å². The van der Waals surface area contributed by atoms with E-state index in [4.69, 9.17) is 0 Å². The first-order chi connectivity index (χ1) is 8.18. The summed E-state index contributed by atoms with van der Waals surface area (Å²) in [6.45, 7) is 25.7. The minimum atomic E-state index is -1.83. The van der Waals surface area contributed by atoms with Crippen LogP contribution in [-0.2, 0) is 0 Å². The molecule has 0 aromatic carbocycles. The first-order valence-electron chi connectivity index (χ1n) is 7.53. The van der Waals surface area contributed by atoms with Crippen molar-refractivity contribution >= 4 is 8.56 Å². The van der Waals surface area contributed by atoms with Crippen molar-refractivity contribution in [3.05, 3.63) is 0 Å². The molecule has 0 saturated carbocycles. The molecule has 0 bridgehead atoms. The van der Waals surface area contributed by atoms with Crippen LogP contribution < -0.4 is 4.98 Å². The van der Waals surface area contributed by atoms with Gasteiger partial charge in [0.2, 0.25) is 0 Å². The van der Waals surface area contributed by atoms with Crippen molar-refractivity contribution in [3.63, 3.8) is 0 Å². The third-order valence-electron chi connectivity index (χ3n) is 3.83. The number of nitrogens with zero attached hydrogens (tertiary/aromatic N) is 2. The fourth-order valence-corrected chi connectivity index (χ4v) is 9.27. The summed E-state index contributed by atoms with van der Waals surface area (Å²) in [5.41, 5.74) is 0.594. The van der Waals surface area contributed by atoms with E-state index < -0.39 is 8.56 Å². The molecule has 0 aliphatic carbocycles. The molecule has 1 fully saturated rings. The molecule has 0 atom stereocenters. The summed E-state index contributed by atoms with van der Waals surface area (Å²) < 4.78 is 5.47. The maximum Gasteiger partial charge on any atom is 0.284 e. The van der Waals surface area contributed by atoms with Gasteiger partial charge in [-0.15, -0.1) is 0 Å². The Morgan fingerprint density at radius 1 is 0.737 bits per heavy atom. The number of nitrogens with one attached hydrogen (secondary N) is 1. The van der Waals surface area contributed by atoms with Crippen molar-refractivity contribution in [1.29, 1.82) is 0 Å². The lowest BCUT2D eigenvalue weighted by atomic mass is 10.1. The van der Waals surface area contributed by atoms with E-state index in [0.717, 1.165) is 0 Å². The summed E-state index contributed by atoms with van der Waals surface area (Å²) in [5.74, 6) is 0. The molecule has 0 spiro atoms. The van der Waals surface area contributed by atoms with Crippen LogP contribution in [0.5, 0.6) is 0 Å². The Hall–Kier alpha value is 0.0969. The Bertz CT molecular complexity index is 298. The van der Waals surface area contributed by atoms with Gasteiger partial charge in [-0.1, -0.05) is 0 Å². The monoisotopic (exact) mass is 285 g/mol. The summed E-state index contributed by atoms with van der Waals surface area (Å²) in [6, 6.07) is 0. The van der Waals surface area contributed by atoms with E-state index >= 15 is 0 Å². The number of rotatable bonds is 1. The molecule has 19 heavy (non-hydrogen) atoms.